The van der Waals surface area contributed by atoms with E-state index >= 15 is 0 Å². The molecule has 1 aromatic rings. The second-order valence-corrected chi connectivity index (χ2v) is 4.42. The van der Waals surface area contributed by atoms with Crippen LogP contribution in [-0.2, 0) is 16.0 Å². The van der Waals surface area contributed by atoms with Crippen molar-refractivity contribution in [3.8, 4) is 0 Å². The van der Waals surface area contributed by atoms with Crippen molar-refractivity contribution in [1.29, 1.82) is 0 Å². The van der Waals surface area contributed by atoms with Crippen molar-refractivity contribution < 1.29 is 9.53 Å². The van der Waals surface area contributed by atoms with Crippen molar-refractivity contribution in [2.45, 2.75) is 12.8 Å². The fraction of sp³-hybridized carbons (Fsp3) is 0.417. The Labute approximate surface area is 111 Å². The van der Waals surface area contributed by atoms with Crippen molar-refractivity contribution in [1.82, 2.24) is 5.32 Å². The van der Waals surface area contributed by atoms with Gasteiger partial charge in [-0.3, -0.25) is 4.79 Å². The molecule has 1 aromatic carbocycles. The lowest BCUT2D eigenvalue weighted by Gasteiger charge is -2.06. The summed E-state index contributed by atoms with van der Waals surface area (Å²) < 4.78 is 4.84. The molecule has 0 aliphatic rings. The number of aryl methyl sites for hydroxylation is 1. The Hall–Kier alpha value is -0.770. The van der Waals surface area contributed by atoms with E-state index in [1.807, 2.05) is 6.07 Å². The van der Waals surface area contributed by atoms with E-state index in [-0.39, 0.29) is 5.91 Å². The van der Waals surface area contributed by atoms with Gasteiger partial charge in [0.1, 0.15) is 0 Å². The van der Waals surface area contributed by atoms with E-state index in [2.05, 4.69) is 5.32 Å². The molecule has 0 saturated heterocycles. The van der Waals surface area contributed by atoms with Crippen LogP contribution >= 0.6 is 23.2 Å². The largest absolute Gasteiger partial charge is 0.383 e. The highest BCUT2D eigenvalue weighted by molar-refractivity contribution is 6.35. The van der Waals surface area contributed by atoms with Gasteiger partial charge in [0.15, 0.2) is 0 Å². The molecular formula is C12H15Cl2NO2. The summed E-state index contributed by atoms with van der Waals surface area (Å²) in [5.41, 5.74) is 0.929. The Morgan fingerprint density at radius 1 is 1.41 bits per heavy atom. The molecule has 0 unspecified atom stereocenters. The van der Waals surface area contributed by atoms with Crippen LogP contribution in [0.4, 0.5) is 0 Å². The maximum absolute atomic E-state index is 11.4. The van der Waals surface area contributed by atoms with Crippen molar-refractivity contribution >= 4 is 29.1 Å². The maximum Gasteiger partial charge on any atom is 0.220 e. The van der Waals surface area contributed by atoms with Gasteiger partial charge >= 0.3 is 0 Å². The highest BCUT2D eigenvalue weighted by atomic mass is 35.5. The Kier molecular flexibility index (Phi) is 6.34. The van der Waals surface area contributed by atoms with Gasteiger partial charge in [0.2, 0.25) is 5.91 Å². The molecule has 0 spiro atoms. The Morgan fingerprint density at radius 3 is 2.82 bits per heavy atom. The highest BCUT2D eigenvalue weighted by Crippen LogP contribution is 2.21. The number of benzene rings is 1. The topological polar surface area (TPSA) is 38.3 Å². The molecule has 0 aliphatic heterocycles. The minimum absolute atomic E-state index is 0.00642. The standard InChI is InChI=1S/C12H15Cl2NO2/c1-17-7-6-15-12(16)5-3-9-2-4-10(13)8-11(9)14/h2,4,8H,3,5-7H2,1H3,(H,15,16). The molecule has 0 heterocycles. The van der Waals surface area contributed by atoms with E-state index in [9.17, 15) is 4.79 Å². The number of ether oxygens (including phenoxy) is 1. The predicted molar refractivity (Wildman–Crippen MR) is 69.7 cm³/mol. The van der Waals surface area contributed by atoms with Crippen LogP contribution in [-0.4, -0.2) is 26.2 Å². The molecule has 0 radical (unpaired) electrons. The molecule has 0 atom stereocenters. The summed E-state index contributed by atoms with van der Waals surface area (Å²) in [7, 11) is 1.60. The average Bonchev–Trinajstić information content (AvgIpc) is 2.28. The van der Waals surface area contributed by atoms with E-state index in [0.717, 1.165) is 5.56 Å². The van der Waals surface area contributed by atoms with Gasteiger partial charge in [-0.2, -0.15) is 0 Å². The van der Waals surface area contributed by atoms with Crippen LogP contribution in [0.15, 0.2) is 18.2 Å². The maximum atomic E-state index is 11.4. The highest BCUT2D eigenvalue weighted by Gasteiger charge is 2.05. The van der Waals surface area contributed by atoms with Crippen LogP contribution in [0.3, 0.4) is 0 Å². The van der Waals surface area contributed by atoms with E-state index in [4.69, 9.17) is 27.9 Å². The number of methoxy groups -OCH3 is 1. The zero-order chi connectivity index (χ0) is 12.7. The third kappa shape index (κ3) is 5.39. The summed E-state index contributed by atoms with van der Waals surface area (Å²) in [6.45, 7) is 1.05. The zero-order valence-corrected chi connectivity index (χ0v) is 11.1. The van der Waals surface area contributed by atoms with E-state index < -0.39 is 0 Å². The lowest BCUT2D eigenvalue weighted by Crippen LogP contribution is -2.27. The minimum atomic E-state index is -0.00642. The number of amides is 1. The monoisotopic (exact) mass is 275 g/mol. The SMILES string of the molecule is COCCNC(=O)CCc1ccc(Cl)cc1Cl. The number of hydrogen-bond donors (Lipinski definition) is 1. The molecule has 17 heavy (non-hydrogen) atoms. The number of carbonyl (C=O) groups excluding carboxylic acids is 1. The first-order chi connectivity index (χ1) is 8.13. The fourth-order valence-corrected chi connectivity index (χ4v) is 1.86. The van der Waals surface area contributed by atoms with Crippen LogP contribution in [0.5, 0.6) is 0 Å². The zero-order valence-electron chi connectivity index (χ0n) is 9.63. The van der Waals surface area contributed by atoms with E-state index in [0.29, 0.717) is 36.0 Å². The lowest BCUT2D eigenvalue weighted by atomic mass is 10.1. The van der Waals surface area contributed by atoms with E-state index in [1.165, 1.54) is 0 Å². The van der Waals surface area contributed by atoms with Crippen molar-refractivity contribution in [3.05, 3.63) is 33.8 Å². The fourth-order valence-electron chi connectivity index (χ4n) is 1.35. The van der Waals surface area contributed by atoms with Crippen molar-refractivity contribution in [3.63, 3.8) is 0 Å². The number of nitrogens with one attached hydrogen (secondary N) is 1. The molecule has 1 N–H and O–H groups in total. The van der Waals surface area contributed by atoms with Gasteiger partial charge in [0.05, 0.1) is 6.61 Å². The van der Waals surface area contributed by atoms with Crippen LogP contribution in [0, 0.1) is 0 Å². The van der Waals surface area contributed by atoms with E-state index in [1.54, 1.807) is 19.2 Å². The first-order valence-electron chi connectivity index (χ1n) is 5.33. The lowest BCUT2D eigenvalue weighted by molar-refractivity contribution is -0.121. The van der Waals surface area contributed by atoms with Gasteiger partial charge in [-0.25, -0.2) is 0 Å². The molecule has 3 nitrogen and oxygen atoms in total. The van der Waals surface area contributed by atoms with Gasteiger partial charge in [0.25, 0.3) is 0 Å². The van der Waals surface area contributed by atoms with Gasteiger partial charge < -0.3 is 10.1 Å². The van der Waals surface area contributed by atoms with Gasteiger partial charge in [-0.05, 0) is 24.1 Å². The van der Waals surface area contributed by atoms with Gasteiger partial charge in [0, 0.05) is 30.1 Å². The number of hydrogen-bond acceptors (Lipinski definition) is 2. The smallest absolute Gasteiger partial charge is 0.220 e. The molecule has 0 bridgehead atoms. The first kappa shape index (κ1) is 14.3. The van der Waals surface area contributed by atoms with Crippen molar-refractivity contribution in [2.24, 2.45) is 0 Å². The van der Waals surface area contributed by atoms with Crippen LogP contribution in [0.2, 0.25) is 10.0 Å². The summed E-state index contributed by atoms with van der Waals surface area (Å²) in [6.07, 6.45) is 1.01. The summed E-state index contributed by atoms with van der Waals surface area (Å²) in [6, 6.07) is 5.29. The number of carbonyl (C=O) groups is 1. The van der Waals surface area contributed by atoms with Crippen LogP contribution in [0.25, 0.3) is 0 Å². The summed E-state index contributed by atoms with van der Waals surface area (Å²) in [5.74, 6) is -0.00642. The third-order valence-corrected chi connectivity index (χ3v) is 2.85. The number of halogens is 2. The van der Waals surface area contributed by atoms with Gasteiger partial charge in [-0.1, -0.05) is 29.3 Å². The molecule has 1 rings (SSSR count). The molecule has 0 saturated carbocycles. The second-order valence-electron chi connectivity index (χ2n) is 3.58. The first-order valence-corrected chi connectivity index (χ1v) is 6.08. The van der Waals surface area contributed by atoms with Crippen LogP contribution < -0.4 is 5.32 Å². The number of rotatable bonds is 6. The molecule has 0 aromatic heterocycles. The normalized spacial score (nSPS) is 10.3. The van der Waals surface area contributed by atoms with Crippen LogP contribution in [0.1, 0.15) is 12.0 Å². The molecule has 0 fully saturated rings. The van der Waals surface area contributed by atoms with Crippen molar-refractivity contribution in [2.75, 3.05) is 20.3 Å². The Bertz CT molecular complexity index is 383. The molecule has 1 amide bonds. The Morgan fingerprint density at radius 2 is 2.18 bits per heavy atom. The predicted octanol–water partition coefficient (Wildman–Crippen LogP) is 2.69. The summed E-state index contributed by atoms with van der Waals surface area (Å²) in [4.78, 5) is 11.4. The second kappa shape index (κ2) is 7.54. The van der Waals surface area contributed by atoms with Gasteiger partial charge in [-0.15, -0.1) is 0 Å². The quantitative estimate of drug-likeness (QED) is 0.811. The molecular weight excluding hydrogens is 261 g/mol. The Balaban J connectivity index is 2.37. The minimum Gasteiger partial charge on any atom is -0.383 e. The average molecular weight is 276 g/mol. The third-order valence-electron chi connectivity index (χ3n) is 2.26. The summed E-state index contributed by atoms with van der Waals surface area (Å²) in [5, 5.41) is 3.95. The molecule has 94 valence electrons. The molecule has 0 aliphatic carbocycles. The summed E-state index contributed by atoms with van der Waals surface area (Å²) >= 11 is 11.8. The molecule has 5 heteroatoms.